The van der Waals surface area contributed by atoms with Crippen LogP contribution in [0.25, 0.3) is 0 Å². The Morgan fingerprint density at radius 1 is 1.20 bits per heavy atom. The van der Waals surface area contributed by atoms with Crippen molar-refractivity contribution < 1.29 is 4.74 Å². The van der Waals surface area contributed by atoms with Crippen LogP contribution < -0.4 is 10.1 Å². The summed E-state index contributed by atoms with van der Waals surface area (Å²) in [5.41, 5.74) is 2.82. The number of halogens is 1. The van der Waals surface area contributed by atoms with Gasteiger partial charge in [-0.05, 0) is 38.5 Å². The molecule has 0 aliphatic heterocycles. The maximum absolute atomic E-state index is 6.09. The zero-order chi connectivity index (χ0) is 14.5. The SMILES string of the molecule is CCOc1cccc(CNc2nc(C)c(C)nc2Cl)c1. The third-order valence-corrected chi connectivity index (χ3v) is 3.20. The summed E-state index contributed by atoms with van der Waals surface area (Å²) in [6.45, 7) is 7.06. The van der Waals surface area contributed by atoms with Crippen LogP contribution in [0, 0.1) is 13.8 Å². The second-order valence-corrected chi connectivity index (χ2v) is 4.83. The standard InChI is InChI=1S/C15H18ClN3O/c1-4-20-13-7-5-6-12(8-13)9-17-15-14(16)18-10(2)11(3)19-15/h5-8H,4,9H2,1-3H3,(H,17,19). The first-order valence-corrected chi connectivity index (χ1v) is 6.94. The lowest BCUT2D eigenvalue weighted by molar-refractivity contribution is 0.340. The van der Waals surface area contributed by atoms with Gasteiger partial charge in [0.1, 0.15) is 5.75 Å². The second-order valence-electron chi connectivity index (χ2n) is 4.47. The Kier molecular flexibility index (Phi) is 4.79. The summed E-state index contributed by atoms with van der Waals surface area (Å²) in [6, 6.07) is 7.93. The first kappa shape index (κ1) is 14.6. The molecule has 4 nitrogen and oxygen atoms in total. The van der Waals surface area contributed by atoms with Gasteiger partial charge >= 0.3 is 0 Å². The highest BCUT2D eigenvalue weighted by atomic mass is 35.5. The van der Waals surface area contributed by atoms with Crippen LogP contribution in [-0.2, 0) is 6.54 Å². The molecule has 0 aliphatic rings. The van der Waals surface area contributed by atoms with Gasteiger partial charge in [0, 0.05) is 6.54 Å². The minimum Gasteiger partial charge on any atom is -0.494 e. The Morgan fingerprint density at radius 3 is 2.70 bits per heavy atom. The Morgan fingerprint density at radius 2 is 1.95 bits per heavy atom. The molecule has 20 heavy (non-hydrogen) atoms. The number of hydrogen-bond donors (Lipinski definition) is 1. The van der Waals surface area contributed by atoms with Crippen LogP contribution in [0.3, 0.4) is 0 Å². The van der Waals surface area contributed by atoms with Crippen LogP contribution in [-0.4, -0.2) is 16.6 Å². The number of aromatic nitrogens is 2. The monoisotopic (exact) mass is 291 g/mol. The number of anilines is 1. The molecule has 2 aromatic rings. The van der Waals surface area contributed by atoms with Crippen molar-refractivity contribution in [1.82, 2.24) is 9.97 Å². The second kappa shape index (κ2) is 6.57. The number of aryl methyl sites for hydroxylation is 2. The molecule has 0 aliphatic carbocycles. The minimum absolute atomic E-state index is 0.397. The fourth-order valence-electron chi connectivity index (χ4n) is 1.79. The average molecular weight is 292 g/mol. The van der Waals surface area contributed by atoms with E-state index in [-0.39, 0.29) is 0 Å². The predicted octanol–water partition coefficient (Wildman–Crippen LogP) is 3.76. The first-order valence-electron chi connectivity index (χ1n) is 6.56. The van der Waals surface area contributed by atoms with Crippen LogP contribution in [0.4, 0.5) is 5.82 Å². The smallest absolute Gasteiger partial charge is 0.171 e. The summed E-state index contributed by atoms with van der Waals surface area (Å²) in [5.74, 6) is 1.47. The molecule has 2 rings (SSSR count). The van der Waals surface area contributed by atoms with E-state index < -0.39 is 0 Å². The summed E-state index contributed by atoms with van der Waals surface area (Å²) >= 11 is 6.09. The highest BCUT2D eigenvalue weighted by molar-refractivity contribution is 6.31. The van der Waals surface area contributed by atoms with Gasteiger partial charge in [-0.25, -0.2) is 9.97 Å². The molecule has 0 bridgehead atoms. The van der Waals surface area contributed by atoms with E-state index in [9.17, 15) is 0 Å². The van der Waals surface area contributed by atoms with Crippen molar-refractivity contribution >= 4 is 17.4 Å². The number of nitrogens with one attached hydrogen (secondary N) is 1. The van der Waals surface area contributed by atoms with Crippen molar-refractivity contribution in [2.45, 2.75) is 27.3 Å². The van der Waals surface area contributed by atoms with Crippen LogP contribution in [0.1, 0.15) is 23.9 Å². The fraction of sp³-hybridized carbons (Fsp3) is 0.333. The summed E-state index contributed by atoms with van der Waals surface area (Å²) < 4.78 is 5.48. The molecule has 1 aromatic carbocycles. The maximum atomic E-state index is 6.09. The maximum Gasteiger partial charge on any atom is 0.171 e. The molecule has 0 saturated heterocycles. The van der Waals surface area contributed by atoms with E-state index >= 15 is 0 Å². The third kappa shape index (κ3) is 3.61. The molecule has 0 atom stereocenters. The van der Waals surface area contributed by atoms with E-state index in [1.54, 1.807) is 0 Å². The van der Waals surface area contributed by atoms with Gasteiger partial charge in [-0.1, -0.05) is 23.7 Å². The summed E-state index contributed by atoms with van der Waals surface area (Å²) in [7, 11) is 0. The lowest BCUT2D eigenvalue weighted by Gasteiger charge is -2.10. The van der Waals surface area contributed by atoms with Crippen LogP contribution in [0.2, 0.25) is 5.15 Å². The topological polar surface area (TPSA) is 47.0 Å². The summed E-state index contributed by atoms with van der Waals surface area (Å²) in [5, 5.41) is 3.60. The van der Waals surface area contributed by atoms with Gasteiger partial charge in [0.2, 0.25) is 0 Å². The van der Waals surface area contributed by atoms with Crippen LogP contribution in [0.5, 0.6) is 5.75 Å². The number of benzene rings is 1. The molecule has 0 radical (unpaired) electrons. The molecular formula is C15H18ClN3O. The van der Waals surface area contributed by atoms with Crippen molar-refractivity contribution in [3.05, 3.63) is 46.4 Å². The van der Waals surface area contributed by atoms with Crippen molar-refractivity contribution in [1.29, 1.82) is 0 Å². The van der Waals surface area contributed by atoms with Gasteiger partial charge in [0.05, 0.1) is 18.0 Å². The van der Waals surface area contributed by atoms with E-state index in [1.165, 1.54) is 0 Å². The third-order valence-electron chi connectivity index (χ3n) is 2.93. The molecule has 1 aromatic heterocycles. The van der Waals surface area contributed by atoms with Crippen molar-refractivity contribution in [2.75, 3.05) is 11.9 Å². The molecular weight excluding hydrogens is 274 g/mol. The molecule has 0 amide bonds. The van der Waals surface area contributed by atoms with Crippen molar-refractivity contribution in [2.24, 2.45) is 0 Å². The number of ether oxygens (including phenoxy) is 1. The predicted molar refractivity (Wildman–Crippen MR) is 81.5 cm³/mol. The van der Waals surface area contributed by atoms with Gasteiger partial charge in [-0.15, -0.1) is 0 Å². The number of rotatable bonds is 5. The number of hydrogen-bond acceptors (Lipinski definition) is 4. The van der Waals surface area contributed by atoms with E-state index in [2.05, 4.69) is 15.3 Å². The lowest BCUT2D eigenvalue weighted by atomic mass is 10.2. The Hall–Kier alpha value is -1.81. The minimum atomic E-state index is 0.397. The Bertz CT molecular complexity index is 602. The van der Waals surface area contributed by atoms with Gasteiger partial charge in [0.25, 0.3) is 0 Å². The van der Waals surface area contributed by atoms with Crippen LogP contribution >= 0.6 is 11.6 Å². The van der Waals surface area contributed by atoms with Gasteiger partial charge < -0.3 is 10.1 Å². The number of nitrogens with zero attached hydrogens (tertiary/aromatic N) is 2. The molecule has 0 saturated carbocycles. The van der Waals surface area contributed by atoms with Gasteiger partial charge in [-0.3, -0.25) is 0 Å². The first-order chi connectivity index (χ1) is 9.60. The molecule has 5 heteroatoms. The molecule has 106 valence electrons. The molecule has 0 spiro atoms. The average Bonchev–Trinajstić information content (AvgIpc) is 2.42. The van der Waals surface area contributed by atoms with E-state index in [1.807, 2.05) is 45.0 Å². The Balaban J connectivity index is 2.08. The summed E-state index contributed by atoms with van der Waals surface area (Å²) in [6.07, 6.45) is 0. The van der Waals surface area contributed by atoms with Crippen molar-refractivity contribution in [3.63, 3.8) is 0 Å². The van der Waals surface area contributed by atoms with E-state index in [4.69, 9.17) is 16.3 Å². The zero-order valence-corrected chi connectivity index (χ0v) is 12.7. The zero-order valence-electron chi connectivity index (χ0n) is 11.9. The van der Waals surface area contributed by atoms with Gasteiger partial charge in [0.15, 0.2) is 11.0 Å². The highest BCUT2D eigenvalue weighted by Gasteiger charge is 2.06. The van der Waals surface area contributed by atoms with E-state index in [0.29, 0.717) is 24.1 Å². The largest absolute Gasteiger partial charge is 0.494 e. The fourth-order valence-corrected chi connectivity index (χ4v) is 2.02. The van der Waals surface area contributed by atoms with E-state index in [0.717, 1.165) is 22.7 Å². The summed E-state index contributed by atoms with van der Waals surface area (Å²) in [4.78, 5) is 8.66. The Labute approximate surface area is 124 Å². The van der Waals surface area contributed by atoms with Crippen LogP contribution in [0.15, 0.2) is 24.3 Å². The molecule has 0 fully saturated rings. The molecule has 1 heterocycles. The van der Waals surface area contributed by atoms with Gasteiger partial charge in [-0.2, -0.15) is 0 Å². The quantitative estimate of drug-likeness (QED) is 0.911. The van der Waals surface area contributed by atoms with Crippen molar-refractivity contribution in [3.8, 4) is 5.75 Å². The highest BCUT2D eigenvalue weighted by Crippen LogP contribution is 2.20. The molecule has 1 N–H and O–H groups in total. The lowest BCUT2D eigenvalue weighted by Crippen LogP contribution is -2.05. The molecule has 0 unspecified atom stereocenters. The normalized spacial score (nSPS) is 10.4.